The summed E-state index contributed by atoms with van der Waals surface area (Å²) in [6.07, 6.45) is 12.7. The van der Waals surface area contributed by atoms with Crippen molar-refractivity contribution in [2.75, 3.05) is 27.2 Å². The molecule has 0 aliphatic carbocycles. The second kappa shape index (κ2) is 27.9. The van der Waals surface area contributed by atoms with Crippen molar-refractivity contribution in [2.24, 2.45) is 11.8 Å². The summed E-state index contributed by atoms with van der Waals surface area (Å²) in [6.45, 7) is 19.1. The maximum atomic E-state index is 2.31. The minimum Gasteiger partial charge on any atom is -0.380 e. The van der Waals surface area contributed by atoms with Gasteiger partial charge in [-0.1, -0.05) is 95.2 Å². The molecule has 0 amide bonds. The lowest BCUT2D eigenvalue weighted by molar-refractivity contribution is 0.421. The average molecular weight is 359 g/mol. The molecule has 0 radical (unpaired) electrons. The predicted octanol–water partition coefficient (Wildman–Crippen LogP) is 7.68. The lowest BCUT2D eigenvalue weighted by Gasteiger charge is -2.10. The first-order chi connectivity index (χ1) is 11.0. The summed E-state index contributed by atoms with van der Waals surface area (Å²) < 4.78 is 0. The fraction of sp³-hybridized carbons (Fsp3) is 0.826. The van der Waals surface area contributed by atoms with Crippen molar-refractivity contribution >= 4 is 0 Å². The van der Waals surface area contributed by atoms with Gasteiger partial charge in [0, 0.05) is 27.2 Å². The zero-order valence-corrected chi connectivity index (χ0v) is 17.9. The zero-order valence-electron chi connectivity index (χ0n) is 17.9. The highest BCUT2D eigenvalue weighted by Gasteiger charge is 2.10. The van der Waals surface area contributed by atoms with Gasteiger partial charge in [0.25, 0.3) is 0 Å². The third kappa shape index (κ3) is 25.4. The first-order valence-corrected chi connectivity index (χ1v) is 9.80. The SMILES string of the molecule is C.C.CC.CC.CC1C=CN(C)C1.CCC.CCCC1C=CN(C)C1. The van der Waals surface area contributed by atoms with E-state index in [4.69, 9.17) is 0 Å². The Labute approximate surface area is 163 Å². The van der Waals surface area contributed by atoms with Gasteiger partial charge < -0.3 is 9.80 Å². The number of hydrogen-bond acceptors (Lipinski definition) is 2. The van der Waals surface area contributed by atoms with Crippen LogP contribution in [0.5, 0.6) is 0 Å². The summed E-state index contributed by atoms with van der Waals surface area (Å²) in [6, 6.07) is 0. The van der Waals surface area contributed by atoms with E-state index >= 15 is 0 Å². The second-order valence-corrected chi connectivity index (χ2v) is 5.80. The molecule has 0 spiro atoms. The van der Waals surface area contributed by atoms with Crippen LogP contribution in [-0.2, 0) is 0 Å². The Morgan fingerprint density at radius 3 is 1.40 bits per heavy atom. The van der Waals surface area contributed by atoms with Crippen LogP contribution in [0.4, 0.5) is 0 Å². The Kier molecular flexibility index (Phi) is 39.3. The van der Waals surface area contributed by atoms with E-state index in [0.29, 0.717) is 0 Å². The molecular weight excluding hydrogens is 304 g/mol. The molecule has 2 atom stereocenters. The molecule has 0 bridgehead atoms. The smallest absolute Gasteiger partial charge is 0.0232 e. The molecule has 0 aromatic rings. The van der Waals surface area contributed by atoms with E-state index in [-0.39, 0.29) is 14.9 Å². The molecule has 2 nitrogen and oxygen atoms in total. The zero-order chi connectivity index (χ0) is 18.7. The minimum atomic E-state index is 0. The maximum absolute atomic E-state index is 2.31. The van der Waals surface area contributed by atoms with Crippen molar-refractivity contribution < 1.29 is 0 Å². The quantitative estimate of drug-likeness (QED) is 0.499. The van der Waals surface area contributed by atoms with E-state index in [1.807, 2.05) is 27.7 Å². The van der Waals surface area contributed by atoms with Gasteiger partial charge in [-0.25, -0.2) is 0 Å². The van der Waals surface area contributed by atoms with E-state index in [2.05, 4.69) is 76.1 Å². The van der Waals surface area contributed by atoms with Crippen LogP contribution < -0.4 is 0 Å². The van der Waals surface area contributed by atoms with Gasteiger partial charge in [-0.2, -0.15) is 0 Å². The van der Waals surface area contributed by atoms with E-state index in [9.17, 15) is 0 Å². The van der Waals surface area contributed by atoms with Crippen molar-refractivity contribution in [3.05, 3.63) is 24.6 Å². The average Bonchev–Trinajstić information content (AvgIpc) is 3.13. The van der Waals surface area contributed by atoms with E-state index in [1.54, 1.807) is 0 Å². The Morgan fingerprint density at radius 2 is 1.20 bits per heavy atom. The van der Waals surface area contributed by atoms with Gasteiger partial charge in [0.05, 0.1) is 0 Å². The van der Waals surface area contributed by atoms with E-state index < -0.39 is 0 Å². The monoisotopic (exact) mass is 358 g/mol. The maximum Gasteiger partial charge on any atom is 0.0232 e. The molecule has 156 valence electrons. The lowest BCUT2D eigenvalue weighted by atomic mass is 10.1. The number of nitrogens with zero attached hydrogens (tertiary/aromatic N) is 2. The summed E-state index contributed by atoms with van der Waals surface area (Å²) >= 11 is 0. The Bertz CT molecular complexity index is 249. The van der Waals surface area contributed by atoms with Gasteiger partial charge in [-0.3, -0.25) is 0 Å². The summed E-state index contributed by atoms with van der Waals surface area (Å²) in [5, 5.41) is 0. The highest BCUT2D eigenvalue weighted by Crippen LogP contribution is 2.15. The van der Waals surface area contributed by atoms with Crippen LogP contribution in [0.15, 0.2) is 24.6 Å². The third-order valence-corrected chi connectivity index (χ3v) is 3.04. The first kappa shape index (κ1) is 35.2. The molecule has 0 aromatic heterocycles. The van der Waals surface area contributed by atoms with Gasteiger partial charge in [-0.05, 0) is 30.7 Å². The number of hydrogen-bond donors (Lipinski definition) is 0. The molecule has 0 saturated heterocycles. The number of rotatable bonds is 2. The van der Waals surface area contributed by atoms with E-state index in [0.717, 1.165) is 11.8 Å². The van der Waals surface area contributed by atoms with Gasteiger partial charge in [-0.15, -0.1) is 0 Å². The van der Waals surface area contributed by atoms with Gasteiger partial charge in [0.15, 0.2) is 0 Å². The molecule has 25 heavy (non-hydrogen) atoms. The predicted molar refractivity (Wildman–Crippen MR) is 123 cm³/mol. The van der Waals surface area contributed by atoms with E-state index in [1.165, 1.54) is 32.4 Å². The van der Waals surface area contributed by atoms with Crippen LogP contribution in [0.25, 0.3) is 0 Å². The fourth-order valence-corrected chi connectivity index (χ4v) is 2.19. The molecule has 2 heteroatoms. The van der Waals surface area contributed by atoms with Crippen LogP contribution in [0.1, 0.15) is 89.5 Å². The molecule has 2 unspecified atom stereocenters. The van der Waals surface area contributed by atoms with Crippen molar-refractivity contribution in [2.45, 2.75) is 89.5 Å². The third-order valence-electron chi connectivity index (χ3n) is 3.04. The molecule has 2 aliphatic heterocycles. The molecule has 2 aliphatic rings. The van der Waals surface area contributed by atoms with Crippen molar-refractivity contribution in [3.8, 4) is 0 Å². The highest BCUT2D eigenvalue weighted by molar-refractivity contribution is 4.96. The Balaban J connectivity index is -0.0000000753. The van der Waals surface area contributed by atoms with Gasteiger partial charge >= 0.3 is 0 Å². The van der Waals surface area contributed by atoms with Crippen LogP contribution in [0, 0.1) is 11.8 Å². The normalized spacial score (nSPS) is 18.6. The topological polar surface area (TPSA) is 6.48 Å². The molecule has 0 aromatic carbocycles. The molecular formula is C23H54N2. The summed E-state index contributed by atoms with van der Waals surface area (Å²) in [7, 11) is 4.23. The second-order valence-electron chi connectivity index (χ2n) is 5.80. The standard InChI is InChI=1S/C8H15N.C6H11N.C3H8.2C2H6.2CH4/c1-3-4-8-5-6-9(2)7-8;1-6-3-4-7(2)5-6;1-3-2;2*1-2;;/h5-6,8H,3-4,7H2,1-2H3;3-4,6H,5H2,1-2H3;3H2,1-2H3;2*1-2H3;2*1H4. The summed E-state index contributed by atoms with van der Waals surface area (Å²) in [5.41, 5.74) is 0. The summed E-state index contributed by atoms with van der Waals surface area (Å²) in [5.74, 6) is 1.60. The Morgan fingerprint density at radius 1 is 0.800 bits per heavy atom. The molecule has 0 N–H and O–H groups in total. The first-order valence-electron chi connectivity index (χ1n) is 9.80. The van der Waals surface area contributed by atoms with Gasteiger partial charge in [0.2, 0.25) is 0 Å². The molecule has 0 saturated carbocycles. The summed E-state index contributed by atoms with van der Waals surface area (Å²) in [4.78, 5) is 4.45. The van der Waals surface area contributed by atoms with Gasteiger partial charge in [0.1, 0.15) is 0 Å². The van der Waals surface area contributed by atoms with Crippen LogP contribution in [0.2, 0.25) is 0 Å². The molecule has 2 rings (SSSR count). The highest BCUT2D eigenvalue weighted by atomic mass is 15.1. The van der Waals surface area contributed by atoms with Crippen molar-refractivity contribution in [1.29, 1.82) is 0 Å². The fourth-order valence-electron chi connectivity index (χ4n) is 2.19. The molecule has 2 heterocycles. The lowest BCUT2D eigenvalue weighted by Crippen LogP contribution is -2.12. The minimum absolute atomic E-state index is 0. The Hall–Kier alpha value is -0.920. The van der Waals surface area contributed by atoms with Crippen LogP contribution >= 0.6 is 0 Å². The molecule has 0 fully saturated rings. The largest absolute Gasteiger partial charge is 0.380 e. The van der Waals surface area contributed by atoms with Crippen molar-refractivity contribution in [1.82, 2.24) is 9.80 Å². The van der Waals surface area contributed by atoms with Crippen LogP contribution in [0.3, 0.4) is 0 Å². The van der Waals surface area contributed by atoms with Crippen molar-refractivity contribution in [3.63, 3.8) is 0 Å². The van der Waals surface area contributed by atoms with Crippen LogP contribution in [-0.4, -0.2) is 37.0 Å².